The molecule has 2 unspecified atom stereocenters. The molecule has 1 nitrogen and oxygen atoms in total. The molecule has 0 spiro atoms. The molecule has 0 aromatic carbocycles. The minimum Gasteiger partial charge on any atom is -0.374 e. The van der Waals surface area contributed by atoms with Crippen molar-refractivity contribution in [3.05, 3.63) is 0 Å². The predicted molar refractivity (Wildman–Crippen MR) is 114 cm³/mol. The molecule has 0 saturated heterocycles. The molecular formula is C24H50O. The molecule has 0 aliphatic rings. The van der Waals surface area contributed by atoms with Crippen LogP contribution in [0.3, 0.4) is 0 Å². The predicted octanol–water partition coefficient (Wildman–Crippen LogP) is 8.55. The number of hydrogen-bond donors (Lipinski definition) is 0. The van der Waals surface area contributed by atoms with Gasteiger partial charge in [-0.05, 0) is 23.7 Å². The third-order valence-electron chi connectivity index (χ3n) is 5.40. The molecule has 0 aliphatic heterocycles. The molecular weight excluding hydrogens is 304 g/mol. The lowest BCUT2D eigenvalue weighted by Crippen LogP contribution is -2.39. The maximum Gasteiger partial charge on any atom is 0.0627 e. The molecule has 0 saturated carbocycles. The van der Waals surface area contributed by atoms with Crippen molar-refractivity contribution < 1.29 is 4.74 Å². The van der Waals surface area contributed by atoms with Gasteiger partial charge >= 0.3 is 0 Å². The van der Waals surface area contributed by atoms with Gasteiger partial charge in [-0.2, -0.15) is 0 Å². The summed E-state index contributed by atoms with van der Waals surface area (Å²) in [6, 6.07) is 0. The minimum absolute atomic E-state index is 0.233. The van der Waals surface area contributed by atoms with E-state index in [0.717, 1.165) is 0 Å². The van der Waals surface area contributed by atoms with E-state index in [1.165, 1.54) is 77.0 Å². The summed E-state index contributed by atoms with van der Waals surface area (Å²) in [7, 11) is 0. The number of hydrogen-bond acceptors (Lipinski definition) is 1. The summed E-state index contributed by atoms with van der Waals surface area (Å²) in [6.45, 7) is 18.7. The van der Waals surface area contributed by atoms with Gasteiger partial charge < -0.3 is 4.74 Å². The molecule has 0 amide bonds. The Labute approximate surface area is 160 Å². The van der Waals surface area contributed by atoms with Gasteiger partial charge in [-0.25, -0.2) is 0 Å². The average Bonchev–Trinajstić information content (AvgIpc) is 2.49. The summed E-state index contributed by atoms with van der Waals surface area (Å²) >= 11 is 0. The van der Waals surface area contributed by atoms with Crippen LogP contribution in [0.5, 0.6) is 0 Å². The lowest BCUT2D eigenvalue weighted by atomic mass is 9.82. The molecule has 0 fully saturated rings. The van der Waals surface area contributed by atoms with Gasteiger partial charge in [0.25, 0.3) is 0 Å². The van der Waals surface area contributed by atoms with Gasteiger partial charge in [0.05, 0.1) is 12.2 Å². The van der Waals surface area contributed by atoms with Crippen molar-refractivity contribution in [1.29, 1.82) is 0 Å². The fourth-order valence-corrected chi connectivity index (χ4v) is 3.48. The Morgan fingerprint density at radius 2 is 0.840 bits per heavy atom. The van der Waals surface area contributed by atoms with E-state index < -0.39 is 0 Å². The molecule has 25 heavy (non-hydrogen) atoms. The first-order chi connectivity index (χ1) is 11.6. The van der Waals surface area contributed by atoms with Gasteiger partial charge in [0, 0.05) is 0 Å². The van der Waals surface area contributed by atoms with E-state index >= 15 is 0 Å². The van der Waals surface area contributed by atoms with Gasteiger partial charge in [-0.15, -0.1) is 0 Å². The SMILES string of the molecule is CCCCCCCC(OC(CCCCCCC)C(C)(C)C)C(C)(C)C. The lowest BCUT2D eigenvalue weighted by Gasteiger charge is -2.39. The first-order valence-electron chi connectivity index (χ1n) is 11.3. The summed E-state index contributed by atoms with van der Waals surface area (Å²) in [6.07, 6.45) is 16.7. The van der Waals surface area contributed by atoms with Crippen LogP contribution in [0.1, 0.15) is 132 Å². The van der Waals surface area contributed by atoms with E-state index in [9.17, 15) is 0 Å². The third kappa shape index (κ3) is 12.9. The van der Waals surface area contributed by atoms with Crippen molar-refractivity contribution in [2.24, 2.45) is 10.8 Å². The molecule has 0 rings (SSSR count). The van der Waals surface area contributed by atoms with Crippen molar-refractivity contribution in [3.8, 4) is 0 Å². The molecule has 0 bridgehead atoms. The van der Waals surface area contributed by atoms with Crippen LogP contribution in [0.4, 0.5) is 0 Å². The molecule has 0 aromatic heterocycles. The van der Waals surface area contributed by atoms with E-state index in [4.69, 9.17) is 4.74 Å². The summed E-state index contributed by atoms with van der Waals surface area (Å²) in [5.41, 5.74) is 0.465. The van der Waals surface area contributed by atoms with E-state index in [0.29, 0.717) is 12.2 Å². The highest BCUT2D eigenvalue weighted by Crippen LogP contribution is 2.34. The molecule has 2 atom stereocenters. The van der Waals surface area contributed by atoms with Crippen LogP contribution in [0, 0.1) is 10.8 Å². The highest BCUT2D eigenvalue weighted by atomic mass is 16.5. The maximum absolute atomic E-state index is 6.79. The smallest absolute Gasteiger partial charge is 0.0627 e. The van der Waals surface area contributed by atoms with Gasteiger partial charge in [0.1, 0.15) is 0 Å². The van der Waals surface area contributed by atoms with E-state index in [2.05, 4.69) is 55.4 Å². The Morgan fingerprint density at radius 1 is 0.520 bits per heavy atom. The summed E-state index contributed by atoms with van der Waals surface area (Å²) in [5, 5.41) is 0. The largest absolute Gasteiger partial charge is 0.374 e. The number of rotatable bonds is 14. The quantitative estimate of drug-likeness (QED) is 0.284. The van der Waals surface area contributed by atoms with Crippen molar-refractivity contribution in [3.63, 3.8) is 0 Å². The van der Waals surface area contributed by atoms with E-state index in [1.54, 1.807) is 0 Å². The van der Waals surface area contributed by atoms with Crippen LogP contribution >= 0.6 is 0 Å². The van der Waals surface area contributed by atoms with Gasteiger partial charge in [0.15, 0.2) is 0 Å². The third-order valence-corrected chi connectivity index (χ3v) is 5.40. The van der Waals surface area contributed by atoms with Crippen molar-refractivity contribution in [1.82, 2.24) is 0 Å². The second-order valence-electron chi connectivity index (χ2n) is 10.3. The minimum atomic E-state index is 0.233. The first-order valence-corrected chi connectivity index (χ1v) is 11.3. The standard InChI is InChI=1S/C24H50O/c1-9-11-13-15-17-19-21(23(3,4)5)25-22(24(6,7)8)20-18-16-14-12-10-2/h21-22H,9-20H2,1-8H3. The number of unbranched alkanes of at least 4 members (excludes halogenated alkanes) is 8. The molecule has 0 N–H and O–H groups in total. The fourth-order valence-electron chi connectivity index (χ4n) is 3.48. The Balaban J connectivity index is 4.57. The summed E-state index contributed by atoms with van der Waals surface area (Å²) in [4.78, 5) is 0. The Morgan fingerprint density at radius 3 is 1.12 bits per heavy atom. The van der Waals surface area contributed by atoms with Crippen LogP contribution in [-0.4, -0.2) is 12.2 Å². The Hall–Kier alpha value is -0.0400. The molecule has 0 aromatic rings. The van der Waals surface area contributed by atoms with Gasteiger partial charge in [-0.1, -0.05) is 120 Å². The zero-order chi connectivity index (χ0) is 19.3. The molecule has 1 heteroatoms. The average molecular weight is 355 g/mol. The zero-order valence-electron chi connectivity index (χ0n) is 19.0. The van der Waals surface area contributed by atoms with Crippen LogP contribution in [0.2, 0.25) is 0 Å². The second kappa shape index (κ2) is 13.2. The maximum atomic E-state index is 6.79. The molecule has 0 heterocycles. The zero-order valence-corrected chi connectivity index (χ0v) is 19.0. The van der Waals surface area contributed by atoms with E-state index in [-0.39, 0.29) is 10.8 Å². The van der Waals surface area contributed by atoms with Crippen molar-refractivity contribution >= 4 is 0 Å². The number of ether oxygens (including phenoxy) is 1. The first kappa shape index (κ1) is 25.0. The monoisotopic (exact) mass is 354 g/mol. The van der Waals surface area contributed by atoms with Crippen LogP contribution in [-0.2, 0) is 4.74 Å². The van der Waals surface area contributed by atoms with Gasteiger partial charge in [0.2, 0.25) is 0 Å². The second-order valence-corrected chi connectivity index (χ2v) is 10.3. The fraction of sp³-hybridized carbons (Fsp3) is 1.00. The molecule has 0 radical (unpaired) electrons. The van der Waals surface area contributed by atoms with Gasteiger partial charge in [-0.3, -0.25) is 0 Å². The Kier molecular flexibility index (Phi) is 13.2. The Bertz CT molecular complexity index is 264. The normalized spacial score (nSPS) is 15.4. The molecule has 152 valence electrons. The topological polar surface area (TPSA) is 9.23 Å². The van der Waals surface area contributed by atoms with Crippen molar-refractivity contribution in [2.45, 2.75) is 145 Å². The summed E-state index contributed by atoms with van der Waals surface area (Å²) in [5.74, 6) is 0. The lowest BCUT2D eigenvalue weighted by molar-refractivity contribution is -0.113. The molecule has 0 aliphatic carbocycles. The van der Waals surface area contributed by atoms with Crippen molar-refractivity contribution in [2.75, 3.05) is 0 Å². The highest BCUT2D eigenvalue weighted by Gasteiger charge is 2.32. The highest BCUT2D eigenvalue weighted by molar-refractivity contribution is 4.81. The van der Waals surface area contributed by atoms with E-state index in [1.807, 2.05) is 0 Å². The van der Waals surface area contributed by atoms with Crippen LogP contribution in [0.15, 0.2) is 0 Å². The van der Waals surface area contributed by atoms with Crippen LogP contribution < -0.4 is 0 Å². The summed E-state index contributed by atoms with van der Waals surface area (Å²) < 4.78 is 6.79. The van der Waals surface area contributed by atoms with Crippen LogP contribution in [0.25, 0.3) is 0 Å².